The van der Waals surface area contributed by atoms with Crippen LogP contribution in [0.5, 0.6) is 5.75 Å². The van der Waals surface area contributed by atoms with Crippen LogP contribution in [-0.4, -0.2) is 21.6 Å². The van der Waals surface area contributed by atoms with Gasteiger partial charge < -0.3 is 4.74 Å². The minimum atomic E-state index is -3.45. The lowest BCUT2D eigenvalue weighted by molar-refractivity contribution is 0.322. The molecule has 1 heterocycles. The van der Waals surface area contributed by atoms with Crippen LogP contribution in [0.15, 0.2) is 46.0 Å². The molecule has 0 radical (unpaired) electrons. The van der Waals surface area contributed by atoms with Crippen LogP contribution in [0.1, 0.15) is 0 Å². The molecule has 0 unspecified atom stereocenters. The Hall–Kier alpha value is -1.44. The van der Waals surface area contributed by atoms with E-state index in [9.17, 15) is 12.8 Å². The fourth-order valence-corrected chi connectivity index (χ4v) is 3.41. The first-order valence-electron chi connectivity index (χ1n) is 5.49. The predicted octanol–water partition coefficient (Wildman–Crippen LogP) is 2.24. The topological polar surface area (TPSA) is 55.4 Å². The van der Waals surface area contributed by atoms with Gasteiger partial charge in [0, 0.05) is 6.54 Å². The molecule has 0 aliphatic rings. The number of benzene rings is 1. The van der Waals surface area contributed by atoms with Gasteiger partial charge in [0.2, 0.25) is 10.0 Å². The summed E-state index contributed by atoms with van der Waals surface area (Å²) in [5.74, 6) is 0.155. The summed E-state index contributed by atoms with van der Waals surface area (Å²) in [4.78, 5) is 0. The van der Waals surface area contributed by atoms with Crippen LogP contribution >= 0.6 is 11.3 Å². The lowest BCUT2D eigenvalue weighted by Gasteiger charge is -2.07. The van der Waals surface area contributed by atoms with Crippen molar-refractivity contribution in [3.05, 3.63) is 47.6 Å². The SMILES string of the molecule is O=S(=O)(NCCOc1ccc(F)cc1)c1cccs1. The number of nitrogens with one attached hydrogen (secondary N) is 1. The second kappa shape index (κ2) is 6.14. The van der Waals surface area contributed by atoms with Crippen molar-refractivity contribution in [2.45, 2.75) is 4.21 Å². The summed E-state index contributed by atoms with van der Waals surface area (Å²) >= 11 is 1.15. The standard InChI is InChI=1S/C12H12FNO3S2/c13-10-3-5-11(6-4-10)17-8-7-14-19(15,16)12-2-1-9-18-12/h1-6,9,14H,7-8H2. The fourth-order valence-electron chi connectivity index (χ4n) is 1.36. The average Bonchev–Trinajstić information content (AvgIpc) is 2.91. The van der Waals surface area contributed by atoms with Gasteiger partial charge in [0.25, 0.3) is 0 Å². The molecule has 0 saturated carbocycles. The number of ether oxygens (including phenoxy) is 1. The molecule has 19 heavy (non-hydrogen) atoms. The lowest BCUT2D eigenvalue weighted by atomic mass is 10.3. The van der Waals surface area contributed by atoms with E-state index in [1.54, 1.807) is 11.4 Å². The van der Waals surface area contributed by atoms with Gasteiger partial charge in [-0.1, -0.05) is 6.07 Å². The van der Waals surface area contributed by atoms with E-state index in [1.165, 1.54) is 30.3 Å². The number of rotatable bonds is 6. The Bertz CT molecular complexity index is 609. The zero-order chi connectivity index (χ0) is 13.7. The Morgan fingerprint density at radius 3 is 2.58 bits per heavy atom. The maximum atomic E-state index is 12.6. The number of thiophene rings is 1. The highest BCUT2D eigenvalue weighted by atomic mass is 32.2. The molecule has 0 atom stereocenters. The quantitative estimate of drug-likeness (QED) is 0.833. The van der Waals surface area contributed by atoms with Crippen molar-refractivity contribution in [3.8, 4) is 5.75 Å². The molecular weight excluding hydrogens is 289 g/mol. The number of sulfonamides is 1. The van der Waals surface area contributed by atoms with Gasteiger partial charge in [0.15, 0.2) is 0 Å². The second-order valence-electron chi connectivity index (χ2n) is 3.63. The summed E-state index contributed by atoms with van der Waals surface area (Å²) in [6, 6.07) is 8.75. The maximum absolute atomic E-state index is 12.6. The van der Waals surface area contributed by atoms with Crippen molar-refractivity contribution in [1.29, 1.82) is 0 Å². The van der Waals surface area contributed by atoms with E-state index >= 15 is 0 Å². The van der Waals surface area contributed by atoms with Crippen LogP contribution in [0, 0.1) is 5.82 Å². The van der Waals surface area contributed by atoms with E-state index in [1.807, 2.05) is 0 Å². The smallest absolute Gasteiger partial charge is 0.250 e. The van der Waals surface area contributed by atoms with E-state index in [-0.39, 0.29) is 23.2 Å². The van der Waals surface area contributed by atoms with Crippen LogP contribution in [0.25, 0.3) is 0 Å². The van der Waals surface area contributed by atoms with Crippen molar-refractivity contribution < 1.29 is 17.5 Å². The summed E-state index contributed by atoms with van der Waals surface area (Å²) in [5, 5.41) is 1.70. The van der Waals surface area contributed by atoms with Crippen LogP contribution in [0.4, 0.5) is 4.39 Å². The zero-order valence-corrected chi connectivity index (χ0v) is 11.5. The van der Waals surface area contributed by atoms with Crippen molar-refractivity contribution in [3.63, 3.8) is 0 Å². The highest BCUT2D eigenvalue weighted by Gasteiger charge is 2.13. The Labute approximate surface area is 114 Å². The highest BCUT2D eigenvalue weighted by molar-refractivity contribution is 7.91. The molecule has 0 saturated heterocycles. The van der Waals surface area contributed by atoms with Gasteiger partial charge in [0.05, 0.1) is 0 Å². The fraction of sp³-hybridized carbons (Fsp3) is 0.167. The third kappa shape index (κ3) is 4.02. The molecule has 102 valence electrons. The normalized spacial score (nSPS) is 11.4. The van der Waals surface area contributed by atoms with E-state index in [4.69, 9.17) is 4.74 Å². The molecule has 0 amide bonds. The number of halogens is 1. The first kappa shape index (κ1) is 14.0. The largest absolute Gasteiger partial charge is 0.492 e. The van der Waals surface area contributed by atoms with E-state index < -0.39 is 10.0 Å². The van der Waals surface area contributed by atoms with Gasteiger partial charge >= 0.3 is 0 Å². The molecule has 2 rings (SSSR count). The van der Waals surface area contributed by atoms with Gasteiger partial charge in [-0.2, -0.15) is 0 Å². The monoisotopic (exact) mass is 301 g/mol. The van der Waals surface area contributed by atoms with E-state index in [0.717, 1.165) is 11.3 Å². The Balaban J connectivity index is 1.80. The predicted molar refractivity (Wildman–Crippen MR) is 71.4 cm³/mol. The maximum Gasteiger partial charge on any atom is 0.250 e. The molecule has 7 heteroatoms. The minimum Gasteiger partial charge on any atom is -0.492 e. The molecule has 1 N–H and O–H groups in total. The summed E-state index contributed by atoms with van der Waals surface area (Å²) in [7, 11) is -3.45. The van der Waals surface area contributed by atoms with Crippen molar-refractivity contribution in [2.75, 3.05) is 13.2 Å². The summed E-state index contributed by atoms with van der Waals surface area (Å²) in [5.41, 5.74) is 0. The molecular formula is C12H12FNO3S2. The molecule has 0 spiro atoms. The number of hydrogen-bond acceptors (Lipinski definition) is 4. The van der Waals surface area contributed by atoms with E-state index in [2.05, 4.69) is 4.72 Å². The molecule has 0 aliphatic carbocycles. The van der Waals surface area contributed by atoms with E-state index in [0.29, 0.717) is 5.75 Å². The van der Waals surface area contributed by atoms with Gasteiger partial charge in [0.1, 0.15) is 22.4 Å². The molecule has 0 bridgehead atoms. The van der Waals surface area contributed by atoms with Gasteiger partial charge in [-0.05, 0) is 35.7 Å². The number of hydrogen-bond donors (Lipinski definition) is 1. The second-order valence-corrected chi connectivity index (χ2v) is 6.57. The molecule has 1 aromatic heterocycles. The van der Waals surface area contributed by atoms with Crippen LogP contribution in [0.3, 0.4) is 0 Å². The molecule has 4 nitrogen and oxygen atoms in total. The Morgan fingerprint density at radius 2 is 1.95 bits per heavy atom. The van der Waals surface area contributed by atoms with Gasteiger partial charge in [-0.15, -0.1) is 11.3 Å². The Kier molecular flexibility index (Phi) is 4.52. The van der Waals surface area contributed by atoms with Crippen LogP contribution in [-0.2, 0) is 10.0 Å². The van der Waals surface area contributed by atoms with Crippen molar-refractivity contribution in [1.82, 2.24) is 4.72 Å². The molecule has 0 aliphatic heterocycles. The van der Waals surface area contributed by atoms with Crippen molar-refractivity contribution in [2.24, 2.45) is 0 Å². The molecule has 2 aromatic rings. The minimum absolute atomic E-state index is 0.150. The van der Waals surface area contributed by atoms with Crippen LogP contribution < -0.4 is 9.46 Å². The zero-order valence-electron chi connectivity index (χ0n) is 9.87. The van der Waals surface area contributed by atoms with Gasteiger partial charge in [-0.25, -0.2) is 17.5 Å². The molecule has 0 fully saturated rings. The van der Waals surface area contributed by atoms with Crippen LogP contribution in [0.2, 0.25) is 0 Å². The van der Waals surface area contributed by atoms with Crippen molar-refractivity contribution >= 4 is 21.4 Å². The summed E-state index contributed by atoms with van der Waals surface area (Å²) in [6.07, 6.45) is 0. The average molecular weight is 301 g/mol. The Morgan fingerprint density at radius 1 is 1.21 bits per heavy atom. The third-order valence-corrected chi connectivity index (χ3v) is 5.09. The first-order chi connectivity index (χ1) is 9.08. The lowest BCUT2D eigenvalue weighted by Crippen LogP contribution is -2.27. The highest BCUT2D eigenvalue weighted by Crippen LogP contribution is 2.15. The molecule has 1 aromatic carbocycles. The first-order valence-corrected chi connectivity index (χ1v) is 7.86. The summed E-state index contributed by atoms with van der Waals surface area (Å²) in [6.45, 7) is 0.327. The van der Waals surface area contributed by atoms with Gasteiger partial charge in [-0.3, -0.25) is 0 Å². The third-order valence-electron chi connectivity index (χ3n) is 2.24. The summed E-state index contributed by atoms with van der Waals surface area (Å²) < 4.78 is 44.1.